The van der Waals surface area contributed by atoms with Gasteiger partial charge in [-0.2, -0.15) is 12.6 Å². The lowest BCUT2D eigenvalue weighted by Crippen LogP contribution is -2.36. The van der Waals surface area contributed by atoms with E-state index in [2.05, 4.69) is 37.1 Å². The van der Waals surface area contributed by atoms with Crippen LogP contribution >= 0.6 is 12.6 Å². The summed E-state index contributed by atoms with van der Waals surface area (Å²) in [6.45, 7) is 5.75. The fourth-order valence-electron chi connectivity index (χ4n) is 3.94. The van der Waals surface area contributed by atoms with Crippen LogP contribution in [0.25, 0.3) is 0 Å². The van der Waals surface area contributed by atoms with Gasteiger partial charge in [0, 0.05) is 30.2 Å². The van der Waals surface area contributed by atoms with Crippen LogP contribution in [0, 0.1) is 11.8 Å². The van der Waals surface area contributed by atoms with Crippen LogP contribution in [0.4, 0.5) is 0 Å². The third-order valence-corrected chi connectivity index (χ3v) is 6.39. The van der Waals surface area contributed by atoms with Crippen molar-refractivity contribution in [2.45, 2.75) is 58.6 Å². The molecule has 0 bridgehead atoms. The highest BCUT2D eigenvalue weighted by molar-refractivity contribution is 7.80. The highest BCUT2D eigenvalue weighted by Crippen LogP contribution is 2.23. The second kappa shape index (κ2) is 16.8. The number of hydrogen-bond donors (Lipinski definition) is 4. The zero-order valence-electron chi connectivity index (χ0n) is 21.8. The van der Waals surface area contributed by atoms with Crippen LogP contribution in [0.15, 0.2) is 54.6 Å². The topological polar surface area (TPSA) is 105 Å². The molecule has 2 aromatic rings. The van der Waals surface area contributed by atoms with Crippen molar-refractivity contribution in [2.24, 2.45) is 11.8 Å². The number of aliphatic carboxylic acids is 1. The van der Waals surface area contributed by atoms with Crippen molar-refractivity contribution in [3.05, 3.63) is 65.7 Å². The number of thiol groups is 1. The van der Waals surface area contributed by atoms with Crippen molar-refractivity contribution in [2.75, 3.05) is 18.8 Å². The Hall–Kier alpha value is -2.84. The molecule has 2 rings (SSSR count). The Morgan fingerprint density at radius 3 is 2.30 bits per heavy atom. The third kappa shape index (κ3) is 11.8. The van der Waals surface area contributed by atoms with Gasteiger partial charge in [0.15, 0.2) is 5.78 Å². The highest BCUT2D eigenvalue weighted by Gasteiger charge is 2.21. The van der Waals surface area contributed by atoms with Gasteiger partial charge in [-0.15, -0.1) is 0 Å². The summed E-state index contributed by atoms with van der Waals surface area (Å²) in [5, 5.41) is 15.7. The molecule has 37 heavy (non-hydrogen) atoms. The summed E-state index contributed by atoms with van der Waals surface area (Å²) >= 11 is 4.25. The largest absolute Gasteiger partial charge is 0.478 e. The van der Waals surface area contributed by atoms with Gasteiger partial charge in [0.1, 0.15) is 5.75 Å². The molecule has 0 saturated heterocycles. The van der Waals surface area contributed by atoms with Crippen LogP contribution in [0.3, 0.4) is 0 Å². The Morgan fingerprint density at radius 2 is 1.68 bits per heavy atom. The van der Waals surface area contributed by atoms with Crippen LogP contribution < -0.4 is 15.4 Å². The van der Waals surface area contributed by atoms with E-state index in [1.54, 1.807) is 36.4 Å². The number of unbranched alkanes of at least 4 members (excludes halogenated alkanes) is 2. The lowest BCUT2D eigenvalue weighted by Gasteiger charge is -2.16. The van der Waals surface area contributed by atoms with Gasteiger partial charge in [0.05, 0.1) is 6.54 Å². The number of hydrogen-bond acceptors (Lipinski definition) is 6. The van der Waals surface area contributed by atoms with E-state index in [-0.39, 0.29) is 24.2 Å². The Bertz CT molecular complexity index is 966. The molecule has 0 aromatic heterocycles. The van der Waals surface area contributed by atoms with Gasteiger partial charge in [-0.25, -0.2) is 4.79 Å². The molecule has 0 spiro atoms. The van der Waals surface area contributed by atoms with Crippen LogP contribution in [-0.2, 0) is 20.9 Å². The maximum absolute atomic E-state index is 12.2. The minimum atomic E-state index is -1.05. The quantitative estimate of drug-likeness (QED) is 0.163. The molecule has 1 amide bonds. The first-order valence-electron chi connectivity index (χ1n) is 12.9. The van der Waals surface area contributed by atoms with E-state index in [0.29, 0.717) is 35.9 Å². The van der Waals surface area contributed by atoms with Crippen molar-refractivity contribution in [3.8, 4) is 5.75 Å². The average Bonchev–Trinajstić information content (AvgIpc) is 2.89. The molecule has 3 N–H and O–H groups in total. The normalized spacial score (nSPS) is 12.6. The van der Waals surface area contributed by atoms with Crippen molar-refractivity contribution in [1.29, 1.82) is 0 Å². The standard InChI is InChI=1S/C29H40N2O5S/c1-21(2)17-24(20-37)28(33)31-19-25(32)11-7-4-8-16-30-18-22-12-14-26(15-13-22)36-27(29(34)35)23-9-5-3-6-10-23/h3,5-6,9-10,12-15,21,24,27,30,37H,4,7-8,11,16-20H2,1-2H3,(H,31,33)(H,34,35). The van der Waals surface area contributed by atoms with Crippen LogP contribution in [0.5, 0.6) is 5.75 Å². The molecule has 0 saturated carbocycles. The minimum Gasteiger partial charge on any atom is -0.478 e. The first kappa shape index (κ1) is 30.4. The predicted molar refractivity (Wildman–Crippen MR) is 149 cm³/mol. The van der Waals surface area contributed by atoms with E-state index in [1.807, 2.05) is 18.2 Å². The Balaban J connectivity index is 1.59. The molecule has 2 unspecified atom stereocenters. The molecule has 2 aromatic carbocycles. The number of carbonyl (C=O) groups is 3. The van der Waals surface area contributed by atoms with Crippen LogP contribution in [-0.4, -0.2) is 41.6 Å². The summed E-state index contributed by atoms with van der Waals surface area (Å²) in [7, 11) is 0. The van der Waals surface area contributed by atoms with E-state index in [0.717, 1.165) is 37.8 Å². The third-order valence-electron chi connectivity index (χ3n) is 5.95. The molecule has 0 fully saturated rings. The number of carbonyl (C=O) groups excluding carboxylic acids is 2. The zero-order valence-corrected chi connectivity index (χ0v) is 22.7. The molecule has 0 aliphatic carbocycles. The first-order chi connectivity index (χ1) is 17.8. The van der Waals surface area contributed by atoms with Crippen molar-refractivity contribution in [1.82, 2.24) is 10.6 Å². The summed E-state index contributed by atoms with van der Waals surface area (Å²) < 4.78 is 5.69. The number of ether oxygens (including phenoxy) is 1. The molecule has 0 heterocycles. The lowest BCUT2D eigenvalue weighted by atomic mass is 9.98. The minimum absolute atomic E-state index is 0.0588. The number of rotatable bonds is 18. The van der Waals surface area contributed by atoms with E-state index in [9.17, 15) is 19.5 Å². The van der Waals surface area contributed by atoms with Gasteiger partial charge in [0.2, 0.25) is 12.0 Å². The first-order valence-corrected chi connectivity index (χ1v) is 13.6. The Kier molecular flexibility index (Phi) is 13.8. The molecule has 202 valence electrons. The Labute approximate surface area is 225 Å². The van der Waals surface area contributed by atoms with Gasteiger partial charge >= 0.3 is 5.97 Å². The van der Waals surface area contributed by atoms with Gasteiger partial charge in [0.25, 0.3) is 0 Å². The number of Topliss-reactive ketones (excluding diaryl/α,β-unsaturated/α-hetero) is 1. The van der Waals surface area contributed by atoms with Crippen molar-refractivity contribution in [3.63, 3.8) is 0 Å². The number of carboxylic acid groups (broad SMARTS) is 1. The van der Waals surface area contributed by atoms with E-state index in [4.69, 9.17) is 4.74 Å². The molecule has 2 atom stereocenters. The van der Waals surface area contributed by atoms with E-state index >= 15 is 0 Å². The van der Waals surface area contributed by atoms with E-state index < -0.39 is 12.1 Å². The highest BCUT2D eigenvalue weighted by atomic mass is 32.1. The zero-order chi connectivity index (χ0) is 27.0. The maximum atomic E-state index is 12.2. The number of amides is 1. The van der Waals surface area contributed by atoms with Gasteiger partial charge in [-0.3, -0.25) is 9.59 Å². The SMILES string of the molecule is CC(C)CC(CS)C(=O)NCC(=O)CCCCCNCc1ccc(OC(C(=O)O)c2ccccc2)cc1. The van der Waals surface area contributed by atoms with Crippen LogP contribution in [0.2, 0.25) is 0 Å². The predicted octanol–water partition coefficient (Wildman–Crippen LogP) is 4.82. The summed E-state index contributed by atoms with van der Waals surface area (Å²) in [4.78, 5) is 35.9. The van der Waals surface area contributed by atoms with Gasteiger partial charge < -0.3 is 20.5 Å². The summed E-state index contributed by atoms with van der Waals surface area (Å²) in [5.74, 6) is 0.193. The Morgan fingerprint density at radius 1 is 0.973 bits per heavy atom. The summed E-state index contributed by atoms with van der Waals surface area (Å²) in [5.41, 5.74) is 1.66. The van der Waals surface area contributed by atoms with Gasteiger partial charge in [-0.1, -0.05) is 62.7 Å². The second-order valence-electron chi connectivity index (χ2n) is 9.64. The van der Waals surface area contributed by atoms with Gasteiger partial charge in [-0.05, 0) is 49.4 Å². The number of nitrogens with one attached hydrogen (secondary N) is 2. The molecule has 7 nitrogen and oxygen atoms in total. The lowest BCUT2D eigenvalue weighted by molar-refractivity contribution is -0.145. The monoisotopic (exact) mass is 528 g/mol. The van der Waals surface area contributed by atoms with Crippen molar-refractivity contribution >= 4 is 30.3 Å². The fraction of sp³-hybridized carbons (Fsp3) is 0.483. The number of carboxylic acids is 1. The molecular formula is C29H40N2O5S. The summed E-state index contributed by atoms with van der Waals surface area (Å²) in [6.07, 6.45) is 2.88. The summed E-state index contributed by atoms with van der Waals surface area (Å²) in [6, 6.07) is 16.3. The van der Waals surface area contributed by atoms with Crippen LogP contribution in [0.1, 0.15) is 63.2 Å². The second-order valence-corrected chi connectivity index (χ2v) is 10.0. The number of ketones is 1. The molecule has 8 heteroatoms. The molecular weight excluding hydrogens is 488 g/mol. The average molecular weight is 529 g/mol. The van der Waals surface area contributed by atoms with Crippen molar-refractivity contribution < 1.29 is 24.2 Å². The van der Waals surface area contributed by atoms with E-state index in [1.165, 1.54) is 0 Å². The molecule has 0 radical (unpaired) electrons. The molecule has 0 aliphatic rings. The molecule has 0 aliphatic heterocycles. The smallest absolute Gasteiger partial charge is 0.349 e. The number of benzene rings is 2. The maximum Gasteiger partial charge on any atom is 0.349 e. The fourth-order valence-corrected chi connectivity index (χ4v) is 4.26.